The Balaban J connectivity index is 2.21. The van der Waals surface area contributed by atoms with Gasteiger partial charge in [0.25, 0.3) is 5.91 Å². The summed E-state index contributed by atoms with van der Waals surface area (Å²) in [6.45, 7) is 0.521. The van der Waals surface area contributed by atoms with E-state index in [4.69, 9.17) is 5.14 Å². The van der Waals surface area contributed by atoms with Gasteiger partial charge in [-0.1, -0.05) is 15.9 Å². The van der Waals surface area contributed by atoms with Crippen LogP contribution in [-0.2, 0) is 10.0 Å². The van der Waals surface area contributed by atoms with E-state index in [1.54, 1.807) is 6.07 Å². The Hall–Kier alpha value is -1.12. The summed E-state index contributed by atoms with van der Waals surface area (Å²) >= 11 is 3.20. The molecule has 6 nitrogen and oxygen atoms in total. The van der Waals surface area contributed by atoms with Crippen molar-refractivity contribution in [3.8, 4) is 5.75 Å². The Morgan fingerprint density at radius 1 is 1.45 bits per heavy atom. The molecule has 1 aliphatic rings. The quantitative estimate of drug-likeness (QED) is 0.820. The maximum absolute atomic E-state index is 12.3. The number of rotatable bonds is 2. The number of hydrogen-bond donors (Lipinski definition) is 2. The summed E-state index contributed by atoms with van der Waals surface area (Å²) in [4.78, 5) is 13.7. The largest absolute Gasteiger partial charge is 0.507 e. The van der Waals surface area contributed by atoms with Crippen molar-refractivity contribution >= 4 is 31.9 Å². The third-order valence-electron chi connectivity index (χ3n) is 3.32. The van der Waals surface area contributed by atoms with Crippen molar-refractivity contribution in [2.75, 3.05) is 13.1 Å². The van der Waals surface area contributed by atoms with Crippen LogP contribution in [0.5, 0.6) is 5.75 Å². The zero-order valence-electron chi connectivity index (χ0n) is 10.6. The van der Waals surface area contributed by atoms with Crippen LogP contribution in [0.1, 0.15) is 23.2 Å². The van der Waals surface area contributed by atoms with Crippen LogP contribution >= 0.6 is 15.9 Å². The fraction of sp³-hybridized carbons (Fsp3) is 0.417. The molecule has 0 bridgehead atoms. The lowest BCUT2D eigenvalue weighted by atomic mass is 10.1. The molecule has 0 aliphatic carbocycles. The van der Waals surface area contributed by atoms with Gasteiger partial charge in [0, 0.05) is 17.6 Å². The SMILES string of the molecule is NS(=O)(=O)C1CCCN(C(=O)c2ccc(Br)cc2O)C1. The van der Waals surface area contributed by atoms with Crippen LogP contribution in [0, 0.1) is 0 Å². The number of aromatic hydroxyl groups is 1. The predicted octanol–water partition coefficient (Wildman–Crippen LogP) is 1.05. The van der Waals surface area contributed by atoms with Crippen molar-refractivity contribution in [1.29, 1.82) is 0 Å². The van der Waals surface area contributed by atoms with E-state index >= 15 is 0 Å². The summed E-state index contributed by atoms with van der Waals surface area (Å²) in [5, 5.41) is 14.2. The second-order valence-electron chi connectivity index (χ2n) is 4.77. The van der Waals surface area contributed by atoms with Gasteiger partial charge in [-0.2, -0.15) is 0 Å². The van der Waals surface area contributed by atoms with Crippen LogP contribution < -0.4 is 5.14 Å². The lowest BCUT2D eigenvalue weighted by Gasteiger charge is -2.31. The molecule has 1 amide bonds. The van der Waals surface area contributed by atoms with Gasteiger partial charge in [-0.15, -0.1) is 0 Å². The van der Waals surface area contributed by atoms with Crippen molar-refractivity contribution in [3.05, 3.63) is 28.2 Å². The summed E-state index contributed by atoms with van der Waals surface area (Å²) in [6, 6.07) is 4.57. The number of primary sulfonamides is 1. The van der Waals surface area contributed by atoms with Crippen LogP contribution in [0.3, 0.4) is 0 Å². The number of nitrogens with two attached hydrogens (primary N) is 1. The van der Waals surface area contributed by atoms with E-state index in [-0.39, 0.29) is 23.8 Å². The van der Waals surface area contributed by atoms with Crippen LogP contribution in [0.15, 0.2) is 22.7 Å². The molecule has 0 radical (unpaired) electrons. The van der Waals surface area contributed by atoms with E-state index in [9.17, 15) is 18.3 Å². The number of piperidine rings is 1. The number of nitrogens with zero attached hydrogens (tertiary/aromatic N) is 1. The van der Waals surface area contributed by atoms with Crippen LogP contribution in [0.4, 0.5) is 0 Å². The van der Waals surface area contributed by atoms with E-state index in [2.05, 4.69) is 15.9 Å². The van der Waals surface area contributed by atoms with Gasteiger partial charge in [-0.05, 0) is 31.0 Å². The molecule has 3 N–H and O–H groups in total. The molecule has 1 fully saturated rings. The molecular formula is C12H15BrN2O4S. The third-order valence-corrected chi connectivity index (χ3v) is 5.13. The number of benzene rings is 1. The molecule has 0 spiro atoms. The van der Waals surface area contributed by atoms with Gasteiger partial charge in [0.15, 0.2) is 0 Å². The van der Waals surface area contributed by atoms with Crippen molar-refractivity contribution < 1.29 is 18.3 Å². The van der Waals surface area contributed by atoms with E-state index < -0.39 is 15.3 Å². The summed E-state index contributed by atoms with van der Waals surface area (Å²) in [7, 11) is -3.66. The highest BCUT2D eigenvalue weighted by atomic mass is 79.9. The van der Waals surface area contributed by atoms with Gasteiger partial charge >= 0.3 is 0 Å². The summed E-state index contributed by atoms with van der Waals surface area (Å²) in [5.74, 6) is -0.523. The zero-order chi connectivity index (χ0) is 14.9. The lowest BCUT2D eigenvalue weighted by Crippen LogP contribution is -2.47. The zero-order valence-corrected chi connectivity index (χ0v) is 13.0. The Kier molecular flexibility index (Phi) is 4.36. The Bertz CT molecular complexity index is 632. The predicted molar refractivity (Wildman–Crippen MR) is 77.8 cm³/mol. The fourth-order valence-electron chi connectivity index (χ4n) is 2.25. The summed E-state index contributed by atoms with van der Waals surface area (Å²) < 4.78 is 23.4. The van der Waals surface area contributed by atoms with Crippen LogP contribution in [-0.4, -0.2) is 42.7 Å². The molecule has 1 saturated heterocycles. The number of phenolic OH excluding ortho intramolecular Hbond substituents is 1. The molecule has 0 saturated carbocycles. The van der Waals surface area contributed by atoms with Gasteiger partial charge in [0.05, 0.1) is 10.8 Å². The first-order chi connectivity index (χ1) is 9.29. The molecule has 0 aromatic heterocycles. The van der Waals surface area contributed by atoms with E-state index in [0.717, 1.165) is 0 Å². The van der Waals surface area contributed by atoms with Gasteiger partial charge in [0.2, 0.25) is 10.0 Å². The number of amides is 1. The number of phenols is 1. The third kappa shape index (κ3) is 3.31. The minimum absolute atomic E-state index is 0.0627. The van der Waals surface area contributed by atoms with Crippen molar-refractivity contribution in [2.24, 2.45) is 5.14 Å². The fourth-order valence-corrected chi connectivity index (χ4v) is 3.48. The highest BCUT2D eigenvalue weighted by Crippen LogP contribution is 2.25. The van der Waals surface area contributed by atoms with E-state index in [1.165, 1.54) is 17.0 Å². The normalized spacial score (nSPS) is 19.9. The maximum Gasteiger partial charge on any atom is 0.257 e. The lowest BCUT2D eigenvalue weighted by molar-refractivity contribution is 0.0724. The Morgan fingerprint density at radius 2 is 2.15 bits per heavy atom. The second-order valence-corrected chi connectivity index (χ2v) is 7.53. The number of hydrogen-bond acceptors (Lipinski definition) is 4. The Labute approximate surface area is 125 Å². The molecule has 20 heavy (non-hydrogen) atoms. The van der Waals surface area contributed by atoms with Gasteiger partial charge in [-0.3, -0.25) is 4.79 Å². The maximum atomic E-state index is 12.3. The molecule has 1 heterocycles. The molecule has 1 atom stereocenters. The van der Waals surface area contributed by atoms with E-state index in [1.807, 2.05) is 0 Å². The Morgan fingerprint density at radius 3 is 2.75 bits per heavy atom. The highest BCUT2D eigenvalue weighted by molar-refractivity contribution is 9.10. The number of halogens is 1. The second kappa shape index (κ2) is 5.71. The van der Waals surface area contributed by atoms with Gasteiger partial charge in [0.1, 0.15) is 5.75 Å². The first-order valence-electron chi connectivity index (χ1n) is 6.08. The number of sulfonamides is 1. The average Bonchev–Trinajstić information content (AvgIpc) is 2.37. The number of likely N-dealkylation sites (tertiary alicyclic amines) is 1. The number of carbonyl (C=O) groups excluding carboxylic acids is 1. The first-order valence-corrected chi connectivity index (χ1v) is 8.48. The number of carbonyl (C=O) groups is 1. The molecule has 1 aromatic rings. The van der Waals surface area contributed by atoms with Crippen LogP contribution in [0.2, 0.25) is 0 Å². The van der Waals surface area contributed by atoms with Crippen molar-refractivity contribution in [1.82, 2.24) is 4.90 Å². The summed E-state index contributed by atoms with van der Waals surface area (Å²) in [5.41, 5.74) is 0.156. The molecule has 110 valence electrons. The van der Waals surface area contributed by atoms with Crippen molar-refractivity contribution in [3.63, 3.8) is 0 Å². The molecular weight excluding hydrogens is 348 g/mol. The monoisotopic (exact) mass is 362 g/mol. The summed E-state index contributed by atoms with van der Waals surface area (Å²) in [6.07, 6.45) is 1.03. The van der Waals surface area contributed by atoms with Gasteiger partial charge in [-0.25, -0.2) is 13.6 Å². The smallest absolute Gasteiger partial charge is 0.257 e. The highest BCUT2D eigenvalue weighted by Gasteiger charge is 2.31. The molecule has 8 heteroatoms. The minimum atomic E-state index is -3.66. The average molecular weight is 363 g/mol. The molecule has 1 aliphatic heterocycles. The molecule has 2 rings (SSSR count). The topological polar surface area (TPSA) is 101 Å². The minimum Gasteiger partial charge on any atom is -0.507 e. The van der Waals surface area contributed by atoms with Crippen molar-refractivity contribution in [2.45, 2.75) is 18.1 Å². The van der Waals surface area contributed by atoms with Gasteiger partial charge < -0.3 is 10.0 Å². The molecule has 1 aromatic carbocycles. The molecule has 1 unspecified atom stereocenters. The first kappa shape index (κ1) is 15.3. The standard InChI is InChI=1S/C12H15BrN2O4S/c13-8-3-4-10(11(16)6-8)12(17)15-5-1-2-9(7-15)20(14,18)19/h3-4,6,9,16H,1-2,5,7H2,(H2,14,18,19). The van der Waals surface area contributed by atoms with Crippen LogP contribution in [0.25, 0.3) is 0 Å². The van der Waals surface area contributed by atoms with E-state index in [0.29, 0.717) is 23.9 Å².